The molecule has 1 aliphatic heterocycles. The van der Waals surface area contributed by atoms with Crippen molar-refractivity contribution in [3.05, 3.63) is 29.8 Å². The van der Waals surface area contributed by atoms with Gasteiger partial charge in [-0.15, -0.1) is 0 Å². The standard InChI is InChI=1S/C16H26N2/c1-12(2)17-10-13(3)11-18-14(4)9-15-7-5-6-8-16(15)18/h5-8,12-14,17H,9-11H2,1-4H3. The first-order chi connectivity index (χ1) is 8.58. The van der Waals surface area contributed by atoms with Crippen molar-refractivity contribution in [1.29, 1.82) is 0 Å². The lowest BCUT2D eigenvalue weighted by atomic mass is 10.1. The second kappa shape index (κ2) is 5.75. The van der Waals surface area contributed by atoms with Crippen LogP contribution in [0.1, 0.15) is 33.3 Å². The molecule has 0 saturated carbocycles. The molecule has 1 aliphatic rings. The molecule has 0 saturated heterocycles. The van der Waals surface area contributed by atoms with E-state index < -0.39 is 0 Å². The van der Waals surface area contributed by atoms with Crippen LogP contribution >= 0.6 is 0 Å². The SMILES string of the molecule is CC(CNC(C)C)CN1c2ccccc2CC1C. The molecule has 2 unspecified atom stereocenters. The van der Waals surface area contributed by atoms with E-state index in [2.05, 4.69) is 62.2 Å². The molecule has 0 aromatic heterocycles. The smallest absolute Gasteiger partial charge is 0.0402 e. The highest BCUT2D eigenvalue weighted by Gasteiger charge is 2.26. The van der Waals surface area contributed by atoms with E-state index in [-0.39, 0.29) is 0 Å². The molecule has 2 rings (SSSR count). The monoisotopic (exact) mass is 246 g/mol. The fraction of sp³-hybridized carbons (Fsp3) is 0.625. The summed E-state index contributed by atoms with van der Waals surface area (Å²) in [6.45, 7) is 11.3. The first kappa shape index (κ1) is 13.4. The zero-order chi connectivity index (χ0) is 13.1. The van der Waals surface area contributed by atoms with E-state index >= 15 is 0 Å². The van der Waals surface area contributed by atoms with Gasteiger partial charge in [0.05, 0.1) is 0 Å². The second-order valence-corrected chi connectivity index (χ2v) is 6.00. The Labute approximate surface area is 111 Å². The molecule has 100 valence electrons. The number of hydrogen-bond donors (Lipinski definition) is 1. The van der Waals surface area contributed by atoms with Crippen LogP contribution in [0.4, 0.5) is 5.69 Å². The van der Waals surface area contributed by atoms with Crippen molar-refractivity contribution in [2.75, 3.05) is 18.0 Å². The van der Waals surface area contributed by atoms with E-state index in [1.54, 1.807) is 0 Å². The van der Waals surface area contributed by atoms with E-state index in [0.29, 0.717) is 18.0 Å². The fourth-order valence-corrected chi connectivity index (χ4v) is 2.75. The number of hydrogen-bond acceptors (Lipinski definition) is 2. The van der Waals surface area contributed by atoms with E-state index in [0.717, 1.165) is 13.1 Å². The molecule has 0 bridgehead atoms. The molecule has 1 aromatic rings. The maximum absolute atomic E-state index is 3.53. The lowest BCUT2D eigenvalue weighted by Gasteiger charge is -2.28. The minimum Gasteiger partial charge on any atom is -0.368 e. The zero-order valence-corrected chi connectivity index (χ0v) is 12.1. The predicted molar refractivity (Wildman–Crippen MR) is 79.3 cm³/mol. The van der Waals surface area contributed by atoms with Crippen molar-refractivity contribution in [3.8, 4) is 0 Å². The van der Waals surface area contributed by atoms with Crippen LogP contribution in [0.5, 0.6) is 0 Å². The minimum absolute atomic E-state index is 0.579. The molecule has 1 heterocycles. The summed E-state index contributed by atoms with van der Waals surface area (Å²) in [6, 6.07) is 10.1. The highest BCUT2D eigenvalue weighted by Crippen LogP contribution is 2.32. The van der Waals surface area contributed by atoms with Gasteiger partial charge in [-0.2, -0.15) is 0 Å². The first-order valence-electron chi connectivity index (χ1n) is 7.16. The molecular formula is C16H26N2. The Bertz CT molecular complexity index is 386. The Morgan fingerprint density at radius 3 is 2.72 bits per heavy atom. The van der Waals surface area contributed by atoms with Gasteiger partial charge in [0, 0.05) is 24.3 Å². The fourth-order valence-electron chi connectivity index (χ4n) is 2.75. The second-order valence-electron chi connectivity index (χ2n) is 6.00. The molecule has 0 radical (unpaired) electrons. The van der Waals surface area contributed by atoms with Crippen LogP contribution in [0.3, 0.4) is 0 Å². The Morgan fingerprint density at radius 2 is 2.00 bits per heavy atom. The normalized spacial score (nSPS) is 20.3. The van der Waals surface area contributed by atoms with E-state index in [1.807, 2.05) is 0 Å². The lowest BCUT2D eigenvalue weighted by Crippen LogP contribution is -2.38. The number of para-hydroxylation sites is 1. The predicted octanol–water partition coefficient (Wildman–Crippen LogP) is 3.07. The summed E-state index contributed by atoms with van der Waals surface area (Å²) in [5, 5.41) is 3.53. The van der Waals surface area contributed by atoms with E-state index in [9.17, 15) is 0 Å². The van der Waals surface area contributed by atoms with E-state index in [4.69, 9.17) is 0 Å². The van der Waals surface area contributed by atoms with Gasteiger partial charge < -0.3 is 10.2 Å². The van der Waals surface area contributed by atoms with Gasteiger partial charge in [-0.25, -0.2) is 0 Å². The molecule has 0 aliphatic carbocycles. The highest BCUT2D eigenvalue weighted by atomic mass is 15.2. The maximum Gasteiger partial charge on any atom is 0.0402 e. The topological polar surface area (TPSA) is 15.3 Å². The third kappa shape index (κ3) is 3.05. The average Bonchev–Trinajstić information content (AvgIpc) is 2.64. The number of rotatable bonds is 5. The molecule has 18 heavy (non-hydrogen) atoms. The first-order valence-corrected chi connectivity index (χ1v) is 7.16. The Kier molecular flexibility index (Phi) is 4.28. The summed E-state index contributed by atoms with van der Waals surface area (Å²) in [5.41, 5.74) is 2.95. The molecule has 0 amide bonds. The molecule has 1 aromatic carbocycles. The molecule has 2 heteroatoms. The van der Waals surface area contributed by atoms with Crippen molar-refractivity contribution in [1.82, 2.24) is 5.32 Å². The Morgan fingerprint density at radius 1 is 1.28 bits per heavy atom. The maximum atomic E-state index is 3.53. The van der Waals surface area contributed by atoms with Gasteiger partial charge in [0.25, 0.3) is 0 Å². The Balaban J connectivity index is 1.97. The summed E-state index contributed by atoms with van der Waals surface area (Å²) in [6.07, 6.45) is 1.19. The Hall–Kier alpha value is -1.02. The largest absolute Gasteiger partial charge is 0.368 e. The van der Waals surface area contributed by atoms with Crippen molar-refractivity contribution in [2.24, 2.45) is 5.92 Å². The zero-order valence-electron chi connectivity index (χ0n) is 12.1. The number of anilines is 1. The van der Waals surface area contributed by atoms with Gasteiger partial charge in [0.15, 0.2) is 0 Å². The number of nitrogens with zero attached hydrogens (tertiary/aromatic N) is 1. The van der Waals surface area contributed by atoms with Crippen molar-refractivity contribution in [2.45, 2.75) is 46.2 Å². The van der Waals surface area contributed by atoms with E-state index in [1.165, 1.54) is 17.7 Å². The van der Waals surface area contributed by atoms with Gasteiger partial charge in [-0.3, -0.25) is 0 Å². The third-order valence-electron chi connectivity index (χ3n) is 3.73. The average molecular weight is 246 g/mol. The molecule has 0 fully saturated rings. The molecule has 0 spiro atoms. The van der Waals surface area contributed by atoms with Crippen molar-refractivity contribution in [3.63, 3.8) is 0 Å². The van der Waals surface area contributed by atoms with Crippen LogP contribution in [0.2, 0.25) is 0 Å². The van der Waals surface area contributed by atoms with Crippen molar-refractivity contribution < 1.29 is 0 Å². The summed E-state index contributed by atoms with van der Waals surface area (Å²) in [4.78, 5) is 2.57. The van der Waals surface area contributed by atoms with Gasteiger partial charge in [-0.1, -0.05) is 39.0 Å². The summed E-state index contributed by atoms with van der Waals surface area (Å²) >= 11 is 0. The molecule has 2 atom stereocenters. The molecule has 2 nitrogen and oxygen atoms in total. The number of fused-ring (bicyclic) bond motifs is 1. The summed E-state index contributed by atoms with van der Waals surface area (Å²) < 4.78 is 0. The van der Waals surface area contributed by atoms with Crippen LogP contribution in [0, 0.1) is 5.92 Å². The third-order valence-corrected chi connectivity index (χ3v) is 3.73. The number of nitrogens with one attached hydrogen (secondary N) is 1. The lowest BCUT2D eigenvalue weighted by molar-refractivity contribution is 0.463. The van der Waals surface area contributed by atoms with Gasteiger partial charge in [0.2, 0.25) is 0 Å². The summed E-state index contributed by atoms with van der Waals surface area (Å²) in [7, 11) is 0. The van der Waals surface area contributed by atoms with Crippen LogP contribution in [0.25, 0.3) is 0 Å². The molecular weight excluding hydrogens is 220 g/mol. The molecule has 1 N–H and O–H groups in total. The van der Waals surface area contributed by atoms with Crippen LogP contribution in [-0.2, 0) is 6.42 Å². The minimum atomic E-state index is 0.579. The van der Waals surface area contributed by atoms with Crippen LogP contribution in [0.15, 0.2) is 24.3 Å². The quantitative estimate of drug-likeness (QED) is 0.859. The van der Waals surface area contributed by atoms with Crippen molar-refractivity contribution >= 4 is 5.69 Å². The van der Waals surface area contributed by atoms with Crippen LogP contribution in [-0.4, -0.2) is 25.2 Å². The van der Waals surface area contributed by atoms with Gasteiger partial charge in [-0.05, 0) is 37.4 Å². The highest BCUT2D eigenvalue weighted by molar-refractivity contribution is 5.59. The van der Waals surface area contributed by atoms with Gasteiger partial charge in [0.1, 0.15) is 0 Å². The summed E-state index contributed by atoms with van der Waals surface area (Å²) in [5.74, 6) is 0.681. The number of benzene rings is 1. The van der Waals surface area contributed by atoms with Crippen LogP contribution < -0.4 is 10.2 Å². The van der Waals surface area contributed by atoms with Gasteiger partial charge >= 0.3 is 0 Å².